The van der Waals surface area contributed by atoms with Crippen molar-refractivity contribution in [2.45, 2.75) is 32.2 Å². The average molecular weight is 237 g/mol. The molecule has 0 saturated heterocycles. The molecule has 0 spiro atoms. The van der Waals surface area contributed by atoms with Gasteiger partial charge in [0.2, 0.25) is 0 Å². The summed E-state index contributed by atoms with van der Waals surface area (Å²) in [6, 6.07) is 1.67. The molecule has 1 fully saturated rings. The molecule has 0 atom stereocenters. The Morgan fingerprint density at radius 3 is 2.82 bits per heavy atom. The van der Waals surface area contributed by atoms with Crippen LogP contribution in [0.2, 0.25) is 0 Å². The first-order chi connectivity index (χ1) is 8.11. The van der Waals surface area contributed by atoms with Gasteiger partial charge in [-0.3, -0.25) is 14.3 Å². The minimum absolute atomic E-state index is 0.0347. The van der Waals surface area contributed by atoms with Gasteiger partial charge in [0, 0.05) is 11.6 Å². The molecule has 0 unspecified atom stereocenters. The number of rotatable bonds is 5. The molecule has 0 bridgehead atoms. The minimum Gasteiger partial charge on any atom is -0.465 e. The van der Waals surface area contributed by atoms with Gasteiger partial charge in [0.25, 0.3) is 5.91 Å². The van der Waals surface area contributed by atoms with Gasteiger partial charge < -0.3 is 10.5 Å². The van der Waals surface area contributed by atoms with Gasteiger partial charge in [0.1, 0.15) is 12.2 Å². The zero-order valence-electron chi connectivity index (χ0n) is 9.68. The molecule has 1 aromatic rings. The predicted molar refractivity (Wildman–Crippen MR) is 59.4 cm³/mol. The van der Waals surface area contributed by atoms with Crippen molar-refractivity contribution in [1.29, 1.82) is 0 Å². The molecule has 1 heterocycles. The molecule has 0 radical (unpaired) electrons. The summed E-state index contributed by atoms with van der Waals surface area (Å²) in [5, 5.41) is 4.03. The number of ether oxygens (including phenoxy) is 1. The Hall–Kier alpha value is -1.85. The van der Waals surface area contributed by atoms with E-state index in [1.807, 2.05) is 0 Å². The van der Waals surface area contributed by atoms with E-state index in [4.69, 9.17) is 10.5 Å². The largest absolute Gasteiger partial charge is 0.465 e. The lowest BCUT2D eigenvalue weighted by Gasteiger charge is -2.05. The van der Waals surface area contributed by atoms with Gasteiger partial charge in [-0.1, -0.05) is 0 Å². The standard InChI is InChI=1S/C11H15N3O3/c1-2-17-10(15)6-14-9(7-3-4-7)5-8(13-14)11(12)16/h5,7H,2-4,6H2,1H3,(H2,12,16). The first-order valence-corrected chi connectivity index (χ1v) is 5.65. The summed E-state index contributed by atoms with van der Waals surface area (Å²) in [5.41, 5.74) is 6.28. The summed E-state index contributed by atoms with van der Waals surface area (Å²) in [4.78, 5) is 22.4. The third-order valence-electron chi connectivity index (χ3n) is 2.64. The van der Waals surface area contributed by atoms with Gasteiger partial charge in [-0.2, -0.15) is 5.10 Å². The summed E-state index contributed by atoms with van der Waals surface area (Å²) in [6.45, 7) is 2.12. The van der Waals surface area contributed by atoms with Crippen LogP contribution in [-0.2, 0) is 16.1 Å². The second-order valence-corrected chi connectivity index (χ2v) is 4.06. The molecule has 2 rings (SSSR count). The zero-order valence-corrected chi connectivity index (χ0v) is 9.68. The second kappa shape index (κ2) is 4.57. The number of carbonyl (C=O) groups excluding carboxylic acids is 2. The van der Waals surface area contributed by atoms with E-state index in [1.54, 1.807) is 13.0 Å². The Morgan fingerprint density at radius 1 is 1.59 bits per heavy atom. The van der Waals surface area contributed by atoms with Crippen LogP contribution < -0.4 is 5.73 Å². The number of hydrogen-bond donors (Lipinski definition) is 1. The van der Waals surface area contributed by atoms with E-state index in [9.17, 15) is 9.59 Å². The summed E-state index contributed by atoms with van der Waals surface area (Å²) in [6.07, 6.45) is 2.12. The van der Waals surface area contributed by atoms with E-state index >= 15 is 0 Å². The van der Waals surface area contributed by atoms with Crippen molar-refractivity contribution in [3.05, 3.63) is 17.5 Å². The van der Waals surface area contributed by atoms with Gasteiger partial charge in [0.15, 0.2) is 0 Å². The lowest BCUT2D eigenvalue weighted by atomic mass is 10.2. The SMILES string of the molecule is CCOC(=O)Cn1nc(C(N)=O)cc1C1CC1. The van der Waals surface area contributed by atoms with Crippen LogP contribution in [0.25, 0.3) is 0 Å². The highest BCUT2D eigenvalue weighted by atomic mass is 16.5. The number of amides is 1. The first-order valence-electron chi connectivity index (χ1n) is 5.65. The summed E-state index contributed by atoms with van der Waals surface area (Å²) in [5.74, 6) is -0.534. The Morgan fingerprint density at radius 2 is 2.29 bits per heavy atom. The highest BCUT2D eigenvalue weighted by molar-refractivity contribution is 5.90. The Kier molecular flexibility index (Phi) is 3.12. The third kappa shape index (κ3) is 2.64. The van der Waals surface area contributed by atoms with Gasteiger partial charge >= 0.3 is 5.97 Å². The molecule has 1 saturated carbocycles. The summed E-state index contributed by atoms with van der Waals surface area (Å²) in [7, 11) is 0. The van der Waals surface area contributed by atoms with E-state index in [0.29, 0.717) is 12.5 Å². The van der Waals surface area contributed by atoms with Crippen molar-refractivity contribution >= 4 is 11.9 Å². The van der Waals surface area contributed by atoms with Crippen LogP contribution in [-0.4, -0.2) is 28.3 Å². The van der Waals surface area contributed by atoms with Crippen molar-refractivity contribution in [3.63, 3.8) is 0 Å². The maximum absolute atomic E-state index is 11.4. The fraction of sp³-hybridized carbons (Fsp3) is 0.545. The zero-order chi connectivity index (χ0) is 12.4. The van der Waals surface area contributed by atoms with Gasteiger partial charge in [-0.05, 0) is 25.8 Å². The van der Waals surface area contributed by atoms with Crippen LogP contribution >= 0.6 is 0 Å². The lowest BCUT2D eigenvalue weighted by Crippen LogP contribution is -2.17. The van der Waals surface area contributed by atoms with Crippen molar-refractivity contribution in [3.8, 4) is 0 Å². The molecule has 6 heteroatoms. The molecule has 92 valence electrons. The maximum atomic E-state index is 11.4. The van der Waals surface area contributed by atoms with Crippen molar-refractivity contribution in [2.75, 3.05) is 6.61 Å². The van der Waals surface area contributed by atoms with Crippen molar-refractivity contribution < 1.29 is 14.3 Å². The number of esters is 1. The van der Waals surface area contributed by atoms with Crippen LogP contribution in [0.1, 0.15) is 41.9 Å². The Bertz CT molecular complexity index is 449. The molecule has 1 amide bonds. The van der Waals surface area contributed by atoms with Gasteiger partial charge in [-0.25, -0.2) is 0 Å². The number of aromatic nitrogens is 2. The molecule has 0 aliphatic heterocycles. The average Bonchev–Trinajstić information content (AvgIpc) is 3.01. The van der Waals surface area contributed by atoms with Crippen LogP contribution in [0, 0.1) is 0 Å². The van der Waals surface area contributed by atoms with Crippen molar-refractivity contribution in [1.82, 2.24) is 9.78 Å². The normalized spacial score (nSPS) is 14.6. The number of carbonyl (C=O) groups is 2. The molecule has 6 nitrogen and oxygen atoms in total. The predicted octanol–water partition coefficient (Wildman–Crippen LogP) is 0.423. The summed E-state index contributed by atoms with van der Waals surface area (Å²) >= 11 is 0. The maximum Gasteiger partial charge on any atom is 0.327 e. The van der Waals surface area contributed by atoms with Crippen LogP contribution in [0.4, 0.5) is 0 Å². The highest BCUT2D eigenvalue weighted by Gasteiger charge is 2.29. The highest BCUT2D eigenvalue weighted by Crippen LogP contribution is 2.40. The molecular formula is C11H15N3O3. The molecule has 17 heavy (non-hydrogen) atoms. The molecule has 1 aliphatic rings. The smallest absolute Gasteiger partial charge is 0.327 e. The molecule has 1 aliphatic carbocycles. The van der Waals surface area contributed by atoms with Crippen molar-refractivity contribution in [2.24, 2.45) is 5.73 Å². The summed E-state index contributed by atoms with van der Waals surface area (Å²) < 4.78 is 6.38. The molecule has 1 aromatic heterocycles. The molecule has 2 N–H and O–H groups in total. The second-order valence-electron chi connectivity index (χ2n) is 4.06. The van der Waals surface area contributed by atoms with E-state index in [2.05, 4.69) is 5.10 Å². The van der Waals surface area contributed by atoms with E-state index in [1.165, 1.54) is 4.68 Å². The van der Waals surface area contributed by atoms with E-state index in [0.717, 1.165) is 18.5 Å². The quantitative estimate of drug-likeness (QED) is 0.752. The number of nitrogens with zero attached hydrogens (tertiary/aromatic N) is 2. The van der Waals surface area contributed by atoms with Crippen LogP contribution in [0.15, 0.2) is 6.07 Å². The monoisotopic (exact) mass is 237 g/mol. The number of nitrogens with two attached hydrogens (primary N) is 1. The van der Waals surface area contributed by atoms with Crippen LogP contribution in [0.5, 0.6) is 0 Å². The third-order valence-corrected chi connectivity index (χ3v) is 2.64. The minimum atomic E-state index is -0.575. The fourth-order valence-corrected chi connectivity index (χ4v) is 1.71. The Balaban J connectivity index is 2.18. The topological polar surface area (TPSA) is 87.2 Å². The Labute approximate surface area is 98.7 Å². The lowest BCUT2D eigenvalue weighted by molar-refractivity contribution is -0.144. The number of primary amides is 1. The fourth-order valence-electron chi connectivity index (χ4n) is 1.71. The van der Waals surface area contributed by atoms with Crippen LogP contribution in [0.3, 0.4) is 0 Å². The van der Waals surface area contributed by atoms with E-state index in [-0.39, 0.29) is 18.2 Å². The van der Waals surface area contributed by atoms with Gasteiger partial charge in [0.05, 0.1) is 6.61 Å². The van der Waals surface area contributed by atoms with Gasteiger partial charge in [-0.15, -0.1) is 0 Å². The molecular weight excluding hydrogens is 222 g/mol. The molecule has 0 aromatic carbocycles. The number of hydrogen-bond acceptors (Lipinski definition) is 4. The first kappa shape index (κ1) is 11.6. The van der Waals surface area contributed by atoms with E-state index < -0.39 is 5.91 Å².